The van der Waals surface area contributed by atoms with Gasteiger partial charge >= 0.3 is 0 Å². The fourth-order valence-electron chi connectivity index (χ4n) is 2.56. The molecule has 1 aliphatic rings. The Kier molecular flexibility index (Phi) is 5.41. The summed E-state index contributed by atoms with van der Waals surface area (Å²) in [5, 5.41) is 3.47. The van der Waals surface area contributed by atoms with Crippen molar-refractivity contribution >= 4 is 21.6 Å². The first-order valence-electron chi connectivity index (χ1n) is 7.66. The van der Waals surface area contributed by atoms with Gasteiger partial charge in [-0.2, -0.15) is 0 Å². The van der Waals surface area contributed by atoms with E-state index in [2.05, 4.69) is 39.4 Å². The molecular weight excluding hydrogens is 358 g/mol. The maximum absolute atomic E-state index is 5.78. The van der Waals surface area contributed by atoms with Gasteiger partial charge < -0.3 is 19.5 Å². The Bertz CT molecular complexity index is 675. The molecule has 3 rings (SSSR count). The van der Waals surface area contributed by atoms with Crippen LogP contribution >= 0.6 is 15.9 Å². The third-order valence-electron chi connectivity index (χ3n) is 3.66. The highest BCUT2D eigenvalue weighted by atomic mass is 79.9. The molecule has 0 atom stereocenters. The Balaban J connectivity index is 1.76. The zero-order chi connectivity index (χ0) is 16.1. The fraction of sp³-hybridized carbons (Fsp3) is 0.333. The minimum Gasteiger partial charge on any atom is -0.490 e. The molecular formula is C18H20BrNO3. The lowest BCUT2D eigenvalue weighted by molar-refractivity contribution is 0.185. The van der Waals surface area contributed by atoms with Gasteiger partial charge in [-0.3, -0.25) is 0 Å². The number of rotatable bonds is 5. The fourth-order valence-corrected chi connectivity index (χ4v) is 3.16. The number of benzene rings is 2. The molecule has 5 heteroatoms. The van der Waals surface area contributed by atoms with Crippen LogP contribution in [-0.2, 0) is 17.9 Å². The van der Waals surface area contributed by atoms with Crippen LogP contribution in [-0.4, -0.2) is 20.3 Å². The first kappa shape index (κ1) is 16.1. The number of hydrogen-bond donors (Lipinski definition) is 1. The predicted molar refractivity (Wildman–Crippen MR) is 94.2 cm³/mol. The molecule has 4 nitrogen and oxygen atoms in total. The zero-order valence-electron chi connectivity index (χ0n) is 13.1. The van der Waals surface area contributed by atoms with E-state index >= 15 is 0 Å². The number of halogens is 1. The number of para-hydroxylation sites is 1. The van der Waals surface area contributed by atoms with E-state index < -0.39 is 0 Å². The standard InChI is InChI=1S/C18H20BrNO3/c1-21-12-14-5-2-3-6-16(14)20-11-13-9-15(19)18-17(10-13)22-7-4-8-23-18/h2-3,5-6,9-10,20H,4,7-8,11-12H2,1H3. The Hall–Kier alpha value is -1.72. The van der Waals surface area contributed by atoms with Gasteiger partial charge in [0.05, 0.1) is 24.3 Å². The molecule has 1 aliphatic heterocycles. The summed E-state index contributed by atoms with van der Waals surface area (Å²) in [4.78, 5) is 0. The van der Waals surface area contributed by atoms with Crippen LogP contribution in [0.4, 0.5) is 5.69 Å². The van der Waals surface area contributed by atoms with Gasteiger partial charge in [-0.05, 0) is 39.7 Å². The first-order chi connectivity index (χ1) is 11.3. The van der Waals surface area contributed by atoms with E-state index in [-0.39, 0.29) is 0 Å². The molecule has 0 amide bonds. The van der Waals surface area contributed by atoms with Crippen molar-refractivity contribution in [3.8, 4) is 11.5 Å². The lowest BCUT2D eigenvalue weighted by Gasteiger charge is -2.14. The molecule has 0 bridgehead atoms. The molecule has 23 heavy (non-hydrogen) atoms. The second-order valence-electron chi connectivity index (χ2n) is 5.40. The largest absolute Gasteiger partial charge is 0.490 e. The lowest BCUT2D eigenvalue weighted by atomic mass is 10.1. The summed E-state index contributed by atoms with van der Waals surface area (Å²) in [7, 11) is 1.71. The average molecular weight is 378 g/mol. The molecule has 0 radical (unpaired) electrons. The number of hydrogen-bond acceptors (Lipinski definition) is 4. The molecule has 0 fully saturated rings. The van der Waals surface area contributed by atoms with Gasteiger partial charge in [0.1, 0.15) is 0 Å². The van der Waals surface area contributed by atoms with Crippen LogP contribution in [0.15, 0.2) is 40.9 Å². The van der Waals surface area contributed by atoms with Crippen LogP contribution in [0.25, 0.3) is 0 Å². The van der Waals surface area contributed by atoms with Gasteiger partial charge in [-0.25, -0.2) is 0 Å². The van der Waals surface area contributed by atoms with Gasteiger partial charge in [0.15, 0.2) is 11.5 Å². The molecule has 1 heterocycles. The Morgan fingerprint density at radius 3 is 2.87 bits per heavy atom. The second-order valence-corrected chi connectivity index (χ2v) is 6.25. The molecule has 0 aliphatic carbocycles. The van der Waals surface area contributed by atoms with Crippen molar-refractivity contribution in [2.24, 2.45) is 0 Å². The van der Waals surface area contributed by atoms with Gasteiger partial charge in [0.25, 0.3) is 0 Å². The monoisotopic (exact) mass is 377 g/mol. The van der Waals surface area contributed by atoms with E-state index in [1.165, 1.54) is 0 Å². The van der Waals surface area contributed by atoms with Crippen LogP contribution < -0.4 is 14.8 Å². The van der Waals surface area contributed by atoms with Crippen LogP contribution in [0, 0.1) is 0 Å². The quantitative estimate of drug-likeness (QED) is 0.839. The van der Waals surface area contributed by atoms with Crippen molar-refractivity contribution in [2.75, 3.05) is 25.6 Å². The summed E-state index contributed by atoms with van der Waals surface area (Å²) >= 11 is 3.58. The Labute approximate surface area is 144 Å². The normalized spacial score (nSPS) is 13.5. The summed E-state index contributed by atoms with van der Waals surface area (Å²) in [6.07, 6.45) is 0.902. The van der Waals surface area contributed by atoms with Gasteiger partial charge in [0.2, 0.25) is 0 Å². The molecule has 2 aromatic rings. The zero-order valence-corrected chi connectivity index (χ0v) is 14.7. The van der Waals surface area contributed by atoms with E-state index in [0.717, 1.165) is 39.2 Å². The maximum atomic E-state index is 5.78. The topological polar surface area (TPSA) is 39.7 Å². The van der Waals surface area contributed by atoms with Crippen molar-refractivity contribution in [1.82, 2.24) is 0 Å². The molecule has 2 aromatic carbocycles. The number of methoxy groups -OCH3 is 1. The van der Waals surface area contributed by atoms with Crippen molar-refractivity contribution in [3.63, 3.8) is 0 Å². The third-order valence-corrected chi connectivity index (χ3v) is 4.25. The van der Waals surface area contributed by atoms with Crippen molar-refractivity contribution in [1.29, 1.82) is 0 Å². The summed E-state index contributed by atoms with van der Waals surface area (Å²) in [6.45, 7) is 2.67. The highest BCUT2D eigenvalue weighted by molar-refractivity contribution is 9.10. The summed E-state index contributed by atoms with van der Waals surface area (Å²) in [5.41, 5.74) is 3.36. The van der Waals surface area contributed by atoms with Gasteiger partial charge in [-0.1, -0.05) is 18.2 Å². The Morgan fingerprint density at radius 1 is 1.17 bits per heavy atom. The summed E-state index contributed by atoms with van der Waals surface area (Å²) < 4.78 is 17.7. The minimum absolute atomic E-state index is 0.591. The van der Waals surface area contributed by atoms with Gasteiger partial charge in [0, 0.05) is 31.3 Å². The number of anilines is 1. The SMILES string of the molecule is COCc1ccccc1NCc1cc(Br)c2c(c1)OCCCO2. The Morgan fingerprint density at radius 2 is 2.00 bits per heavy atom. The molecule has 0 saturated heterocycles. The van der Waals surface area contributed by atoms with Crippen molar-refractivity contribution in [3.05, 3.63) is 52.0 Å². The second kappa shape index (κ2) is 7.70. The predicted octanol–water partition coefficient (Wildman–Crippen LogP) is 4.37. The van der Waals surface area contributed by atoms with Gasteiger partial charge in [-0.15, -0.1) is 0 Å². The van der Waals surface area contributed by atoms with Crippen molar-refractivity contribution < 1.29 is 14.2 Å². The van der Waals surface area contributed by atoms with E-state index in [0.29, 0.717) is 26.4 Å². The lowest BCUT2D eigenvalue weighted by Crippen LogP contribution is -2.04. The molecule has 122 valence electrons. The highest BCUT2D eigenvalue weighted by Crippen LogP contribution is 2.38. The third kappa shape index (κ3) is 3.98. The number of nitrogens with one attached hydrogen (secondary N) is 1. The minimum atomic E-state index is 0.591. The summed E-state index contributed by atoms with van der Waals surface area (Å²) in [5.74, 6) is 1.60. The van der Waals surface area contributed by atoms with Crippen LogP contribution in [0.5, 0.6) is 11.5 Å². The van der Waals surface area contributed by atoms with Crippen molar-refractivity contribution in [2.45, 2.75) is 19.6 Å². The smallest absolute Gasteiger partial charge is 0.175 e. The van der Waals surface area contributed by atoms with Crippen LogP contribution in [0.2, 0.25) is 0 Å². The molecule has 0 spiro atoms. The highest BCUT2D eigenvalue weighted by Gasteiger charge is 2.15. The summed E-state index contributed by atoms with van der Waals surface area (Å²) in [6, 6.07) is 12.3. The molecule has 0 aromatic heterocycles. The van der Waals surface area contributed by atoms with E-state index in [4.69, 9.17) is 14.2 Å². The average Bonchev–Trinajstić information content (AvgIpc) is 2.80. The molecule has 0 unspecified atom stereocenters. The van der Waals surface area contributed by atoms with E-state index in [9.17, 15) is 0 Å². The first-order valence-corrected chi connectivity index (χ1v) is 8.46. The maximum Gasteiger partial charge on any atom is 0.175 e. The molecule has 0 saturated carbocycles. The number of fused-ring (bicyclic) bond motifs is 1. The van der Waals surface area contributed by atoms with Crippen LogP contribution in [0.1, 0.15) is 17.5 Å². The van der Waals surface area contributed by atoms with Crippen LogP contribution in [0.3, 0.4) is 0 Å². The number of ether oxygens (including phenoxy) is 3. The van der Waals surface area contributed by atoms with E-state index in [1.54, 1.807) is 7.11 Å². The van der Waals surface area contributed by atoms with E-state index in [1.807, 2.05) is 18.2 Å². The molecule has 1 N–H and O–H groups in total.